The number of hydrogen-bond acceptors (Lipinski definition) is 5. The van der Waals surface area contributed by atoms with E-state index in [0.29, 0.717) is 25.6 Å². The summed E-state index contributed by atoms with van der Waals surface area (Å²) in [5.41, 5.74) is 6.41. The quantitative estimate of drug-likeness (QED) is 0.699. The van der Waals surface area contributed by atoms with Crippen LogP contribution >= 0.6 is 0 Å². The lowest BCUT2D eigenvalue weighted by Crippen LogP contribution is -2.56. The minimum Gasteiger partial charge on any atom is -0.484 e. The smallest absolute Gasteiger partial charge is 0.260 e. The van der Waals surface area contributed by atoms with E-state index < -0.39 is 5.41 Å². The third-order valence-electron chi connectivity index (χ3n) is 6.60. The van der Waals surface area contributed by atoms with E-state index in [1.165, 1.54) is 0 Å². The Bertz CT molecular complexity index is 733. The number of ether oxygens (including phenoxy) is 2. The minimum atomic E-state index is -0.497. The number of nitrogens with zero attached hydrogens (tertiary/aromatic N) is 2. The summed E-state index contributed by atoms with van der Waals surface area (Å²) in [7, 11) is 1.66. The van der Waals surface area contributed by atoms with E-state index >= 15 is 0 Å². The number of carbonyl (C=O) groups is 2. The van der Waals surface area contributed by atoms with Gasteiger partial charge in [0, 0.05) is 39.4 Å². The third-order valence-corrected chi connectivity index (χ3v) is 6.60. The van der Waals surface area contributed by atoms with E-state index in [1.807, 2.05) is 36.1 Å². The number of likely N-dealkylation sites (tertiary alicyclic amines) is 2. The fourth-order valence-electron chi connectivity index (χ4n) is 4.73. The predicted molar refractivity (Wildman–Crippen MR) is 115 cm³/mol. The van der Waals surface area contributed by atoms with E-state index in [1.54, 1.807) is 7.11 Å². The number of amides is 2. The van der Waals surface area contributed by atoms with Crippen LogP contribution in [0.2, 0.25) is 0 Å². The lowest BCUT2D eigenvalue weighted by molar-refractivity contribution is -0.136. The van der Waals surface area contributed by atoms with Gasteiger partial charge in [-0.05, 0) is 63.3 Å². The zero-order chi connectivity index (χ0) is 21.6. The first-order valence-electron chi connectivity index (χ1n) is 10.9. The summed E-state index contributed by atoms with van der Waals surface area (Å²) in [6.45, 7) is 5.74. The van der Waals surface area contributed by atoms with Crippen LogP contribution in [0, 0.1) is 12.3 Å². The average Bonchev–Trinajstić information content (AvgIpc) is 2.76. The van der Waals surface area contributed by atoms with E-state index in [0.717, 1.165) is 56.6 Å². The van der Waals surface area contributed by atoms with Crippen LogP contribution in [0.4, 0.5) is 0 Å². The predicted octanol–water partition coefficient (Wildman–Crippen LogP) is 1.97. The van der Waals surface area contributed by atoms with Crippen LogP contribution in [-0.2, 0) is 14.3 Å². The van der Waals surface area contributed by atoms with Gasteiger partial charge in [-0.3, -0.25) is 14.5 Å². The average molecular weight is 418 g/mol. The lowest BCUT2D eigenvalue weighted by Gasteiger charge is -2.46. The highest BCUT2D eigenvalue weighted by molar-refractivity contribution is 5.81. The molecule has 2 aliphatic rings. The Kier molecular flexibility index (Phi) is 7.72. The van der Waals surface area contributed by atoms with Crippen LogP contribution in [-0.4, -0.2) is 74.2 Å². The Balaban J connectivity index is 1.49. The van der Waals surface area contributed by atoms with Gasteiger partial charge in [-0.1, -0.05) is 12.1 Å². The molecular weight excluding hydrogens is 382 g/mol. The molecule has 1 atom stereocenters. The molecule has 2 saturated heterocycles. The van der Waals surface area contributed by atoms with Crippen molar-refractivity contribution in [2.75, 3.05) is 46.5 Å². The topological polar surface area (TPSA) is 85.1 Å². The second-order valence-corrected chi connectivity index (χ2v) is 8.68. The molecule has 2 heterocycles. The molecule has 0 aliphatic carbocycles. The normalized spacial score (nSPS) is 23.3. The highest BCUT2D eigenvalue weighted by Crippen LogP contribution is 2.35. The molecule has 7 nitrogen and oxygen atoms in total. The van der Waals surface area contributed by atoms with E-state index in [9.17, 15) is 9.59 Å². The van der Waals surface area contributed by atoms with Crippen LogP contribution < -0.4 is 10.5 Å². The van der Waals surface area contributed by atoms with Crippen molar-refractivity contribution in [1.82, 2.24) is 9.80 Å². The highest BCUT2D eigenvalue weighted by Gasteiger charge is 2.42. The van der Waals surface area contributed by atoms with Crippen LogP contribution in [0.25, 0.3) is 0 Å². The van der Waals surface area contributed by atoms with E-state index in [2.05, 4.69) is 4.90 Å². The van der Waals surface area contributed by atoms with Gasteiger partial charge >= 0.3 is 0 Å². The Morgan fingerprint density at radius 2 is 2.00 bits per heavy atom. The van der Waals surface area contributed by atoms with Crippen LogP contribution in [0.5, 0.6) is 5.75 Å². The monoisotopic (exact) mass is 417 g/mol. The van der Waals surface area contributed by atoms with Crippen molar-refractivity contribution in [3.63, 3.8) is 0 Å². The van der Waals surface area contributed by atoms with Gasteiger partial charge in [0.15, 0.2) is 6.61 Å². The largest absolute Gasteiger partial charge is 0.484 e. The number of carbonyl (C=O) groups excluding carboxylic acids is 2. The maximum atomic E-state index is 12.6. The molecule has 1 aromatic carbocycles. The number of primary amides is 1. The van der Waals surface area contributed by atoms with Crippen LogP contribution in [0.3, 0.4) is 0 Å². The molecule has 1 aromatic rings. The van der Waals surface area contributed by atoms with E-state index in [4.69, 9.17) is 15.2 Å². The summed E-state index contributed by atoms with van der Waals surface area (Å²) in [5, 5.41) is 0. The molecule has 0 radical (unpaired) electrons. The molecular formula is C23H35N3O4. The summed E-state index contributed by atoms with van der Waals surface area (Å²) in [4.78, 5) is 29.1. The molecule has 2 aliphatic heterocycles. The second kappa shape index (κ2) is 10.3. The number of nitrogens with two attached hydrogens (primary N) is 1. The van der Waals surface area contributed by atoms with E-state index in [-0.39, 0.29) is 18.4 Å². The Morgan fingerprint density at radius 3 is 2.67 bits per heavy atom. The number of aryl methyl sites for hydroxylation is 1. The molecule has 2 N–H and O–H groups in total. The minimum absolute atomic E-state index is 0.0279. The lowest BCUT2D eigenvalue weighted by atomic mass is 9.76. The molecule has 1 unspecified atom stereocenters. The Labute approximate surface area is 179 Å². The molecule has 0 aromatic heterocycles. The van der Waals surface area contributed by atoms with Gasteiger partial charge in [0.2, 0.25) is 5.91 Å². The second-order valence-electron chi connectivity index (χ2n) is 8.68. The summed E-state index contributed by atoms with van der Waals surface area (Å²) in [5.74, 6) is 0.538. The number of rotatable bonds is 8. The maximum absolute atomic E-state index is 12.6. The van der Waals surface area contributed by atoms with Crippen molar-refractivity contribution < 1.29 is 19.1 Å². The van der Waals surface area contributed by atoms with Crippen molar-refractivity contribution in [1.29, 1.82) is 0 Å². The van der Waals surface area contributed by atoms with Crippen molar-refractivity contribution in [3.05, 3.63) is 29.8 Å². The molecule has 0 bridgehead atoms. The standard InChI is InChI=1S/C23H35N3O4/c1-18-5-3-6-20(15-18)30-16-21(27)25-12-7-19(8-13-25)26-11-4-9-23(17-26,22(24)28)10-14-29-2/h3,5-6,15,19H,4,7-14,16-17H2,1-2H3,(H2,24,28). The highest BCUT2D eigenvalue weighted by atomic mass is 16.5. The molecule has 0 spiro atoms. The molecule has 3 rings (SSSR count). The van der Waals surface area contributed by atoms with Gasteiger partial charge < -0.3 is 20.1 Å². The van der Waals surface area contributed by atoms with Crippen molar-refractivity contribution in [2.24, 2.45) is 11.1 Å². The van der Waals surface area contributed by atoms with Gasteiger partial charge in [-0.25, -0.2) is 0 Å². The molecule has 30 heavy (non-hydrogen) atoms. The summed E-state index contributed by atoms with van der Waals surface area (Å²) < 4.78 is 10.9. The molecule has 166 valence electrons. The first-order chi connectivity index (χ1) is 14.4. The number of hydrogen-bond donors (Lipinski definition) is 1. The summed E-state index contributed by atoms with van der Waals surface area (Å²) >= 11 is 0. The Hall–Kier alpha value is -2.12. The fraction of sp³-hybridized carbons (Fsp3) is 0.652. The zero-order valence-electron chi connectivity index (χ0n) is 18.3. The molecule has 2 fully saturated rings. The number of benzene rings is 1. The Morgan fingerprint density at radius 1 is 1.23 bits per heavy atom. The fourth-order valence-corrected chi connectivity index (χ4v) is 4.73. The van der Waals surface area contributed by atoms with Crippen LogP contribution in [0.1, 0.15) is 37.7 Å². The maximum Gasteiger partial charge on any atom is 0.260 e. The van der Waals surface area contributed by atoms with Crippen molar-refractivity contribution >= 4 is 11.8 Å². The first-order valence-corrected chi connectivity index (χ1v) is 10.9. The number of methoxy groups -OCH3 is 1. The molecule has 7 heteroatoms. The molecule has 0 saturated carbocycles. The zero-order valence-corrected chi connectivity index (χ0v) is 18.3. The summed E-state index contributed by atoms with van der Waals surface area (Å²) in [6, 6.07) is 8.12. The van der Waals surface area contributed by atoms with Gasteiger partial charge in [0.25, 0.3) is 5.91 Å². The first kappa shape index (κ1) is 22.6. The van der Waals surface area contributed by atoms with Gasteiger partial charge in [-0.2, -0.15) is 0 Å². The SMILES string of the molecule is COCCC1(C(N)=O)CCCN(C2CCN(C(=O)COc3cccc(C)c3)CC2)C1. The van der Waals surface area contributed by atoms with Crippen LogP contribution in [0.15, 0.2) is 24.3 Å². The number of piperidine rings is 2. The van der Waals surface area contributed by atoms with Crippen molar-refractivity contribution in [2.45, 2.75) is 45.1 Å². The summed E-state index contributed by atoms with van der Waals surface area (Å²) in [6.07, 6.45) is 4.29. The van der Waals surface area contributed by atoms with Crippen molar-refractivity contribution in [3.8, 4) is 5.75 Å². The van der Waals surface area contributed by atoms with Gasteiger partial charge in [0.1, 0.15) is 5.75 Å². The van der Waals surface area contributed by atoms with Gasteiger partial charge in [0.05, 0.1) is 5.41 Å². The molecule has 2 amide bonds. The van der Waals surface area contributed by atoms with Gasteiger partial charge in [-0.15, -0.1) is 0 Å². The third kappa shape index (κ3) is 5.52.